The molecule has 0 aromatic heterocycles. The molecule has 74 valence electrons. The van der Waals surface area contributed by atoms with Gasteiger partial charge in [0.25, 0.3) is 5.91 Å². The van der Waals surface area contributed by atoms with Gasteiger partial charge < -0.3 is 0 Å². The van der Waals surface area contributed by atoms with Crippen LogP contribution >= 0.6 is 0 Å². The van der Waals surface area contributed by atoms with Crippen LogP contribution in [0.2, 0.25) is 0 Å². The number of carbonyl (C=O) groups is 1. The van der Waals surface area contributed by atoms with Gasteiger partial charge in [0.05, 0.1) is 6.26 Å². The Labute approximate surface area is 78.1 Å². The Kier molecular flexibility index (Phi) is 3.08. The highest BCUT2D eigenvalue weighted by Gasteiger charge is 2.14. The number of rotatable bonds is 3. The molecule has 0 spiro atoms. The molecular weight excluding hydrogens is 190 g/mol. The number of amides is 1. The maximum atomic E-state index is 10.9. The highest BCUT2D eigenvalue weighted by Crippen LogP contribution is 2.27. The van der Waals surface area contributed by atoms with E-state index in [-0.39, 0.29) is 0 Å². The zero-order valence-electron chi connectivity index (χ0n) is 7.49. The molecule has 0 saturated heterocycles. The molecule has 13 heavy (non-hydrogen) atoms. The lowest BCUT2D eigenvalue weighted by Crippen LogP contribution is -2.27. The van der Waals surface area contributed by atoms with Crippen LogP contribution in [0, 0.1) is 5.92 Å². The molecule has 0 aromatic rings. The van der Waals surface area contributed by atoms with Gasteiger partial charge in [-0.3, -0.25) is 4.79 Å². The summed E-state index contributed by atoms with van der Waals surface area (Å²) in [6.07, 6.45) is 7.42. The predicted molar refractivity (Wildman–Crippen MR) is 49.5 cm³/mol. The summed E-state index contributed by atoms with van der Waals surface area (Å²) in [6, 6.07) is 0. The summed E-state index contributed by atoms with van der Waals surface area (Å²) >= 11 is 0. The maximum Gasteiger partial charge on any atom is 0.257 e. The first kappa shape index (κ1) is 10.2. The molecule has 1 rings (SSSR count). The van der Waals surface area contributed by atoms with Crippen molar-refractivity contribution in [3.05, 3.63) is 12.2 Å². The van der Waals surface area contributed by atoms with E-state index in [1.807, 2.05) is 4.72 Å². The molecule has 0 aromatic carbocycles. The van der Waals surface area contributed by atoms with E-state index in [1.165, 1.54) is 12.5 Å². The number of allylic oxidation sites excluding steroid dienone is 1. The summed E-state index contributed by atoms with van der Waals surface area (Å²) in [6.45, 7) is 0. The van der Waals surface area contributed by atoms with Crippen molar-refractivity contribution in [1.82, 2.24) is 4.72 Å². The monoisotopic (exact) mass is 203 g/mol. The fourth-order valence-electron chi connectivity index (χ4n) is 1.07. The van der Waals surface area contributed by atoms with Crippen molar-refractivity contribution in [2.75, 3.05) is 6.26 Å². The van der Waals surface area contributed by atoms with E-state index in [4.69, 9.17) is 0 Å². The van der Waals surface area contributed by atoms with Gasteiger partial charge >= 0.3 is 0 Å². The average Bonchev–Trinajstić information content (AvgIpc) is 1.78. The molecule has 0 aliphatic heterocycles. The SMILES string of the molecule is CS(=O)(=O)NC(=O)/C=C/C1CCC1. The first-order chi connectivity index (χ1) is 5.97. The van der Waals surface area contributed by atoms with Gasteiger partial charge in [0, 0.05) is 6.08 Å². The standard InChI is InChI=1S/C8H13NO3S/c1-13(11,12)9-8(10)6-5-7-3-2-4-7/h5-7H,2-4H2,1H3,(H,9,10)/b6-5+. The van der Waals surface area contributed by atoms with Gasteiger partial charge in [0.1, 0.15) is 0 Å². The summed E-state index contributed by atoms with van der Waals surface area (Å²) in [5, 5.41) is 0. The zero-order valence-corrected chi connectivity index (χ0v) is 8.30. The normalized spacial score (nSPS) is 18.5. The summed E-state index contributed by atoms with van der Waals surface area (Å²) in [7, 11) is -3.41. The lowest BCUT2D eigenvalue weighted by Gasteiger charge is -2.20. The molecule has 4 nitrogen and oxygen atoms in total. The van der Waals surface area contributed by atoms with Crippen LogP contribution in [0.15, 0.2) is 12.2 Å². The summed E-state index contributed by atoms with van der Waals surface area (Å²) in [5.74, 6) is -0.0975. The van der Waals surface area contributed by atoms with Crippen LogP contribution in [0.4, 0.5) is 0 Å². The Bertz CT molecular complexity index is 314. The van der Waals surface area contributed by atoms with Gasteiger partial charge in [-0.15, -0.1) is 0 Å². The molecule has 1 fully saturated rings. The Morgan fingerprint density at radius 1 is 1.46 bits per heavy atom. The molecule has 1 N–H and O–H groups in total. The van der Waals surface area contributed by atoms with Crippen LogP contribution in [0.3, 0.4) is 0 Å². The highest BCUT2D eigenvalue weighted by molar-refractivity contribution is 7.89. The highest BCUT2D eigenvalue weighted by atomic mass is 32.2. The van der Waals surface area contributed by atoms with E-state index in [9.17, 15) is 13.2 Å². The molecule has 1 aliphatic carbocycles. The average molecular weight is 203 g/mol. The molecule has 5 heteroatoms. The molecule has 1 amide bonds. The van der Waals surface area contributed by atoms with Crippen molar-refractivity contribution >= 4 is 15.9 Å². The molecule has 0 unspecified atom stereocenters. The number of hydrogen-bond acceptors (Lipinski definition) is 3. The van der Waals surface area contributed by atoms with Gasteiger partial charge in [-0.25, -0.2) is 13.1 Å². The van der Waals surface area contributed by atoms with Crippen molar-refractivity contribution in [1.29, 1.82) is 0 Å². The molecule has 0 bridgehead atoms. The van der Waals surface area contributed by atoms with Gasteiger partial charge in [-0.1, -0.05) is 12.5 Å². The van der Waals surface area contributed by atoms with Crippen molar-refractivity contribution < 1.29 is 13.2 Å². The third-order valence-electron chi connectivity index (χ3n) is 1.96. The summed E-state index contributed by atoms with van der Waals surface area (Å²) < 4.78 is 23.1. The van der Waals surface area contributed by atoms with Crippen LogP contribution in [0.1, 0.15) is 19.3 Å². The van der Waals surface area contributed by atoms with Crippen LogP contribution < -0.4 is 4.72 Å². The van der Waals surface area contributed by atoms with Gasteiger partial charge in [-0.05, 0) is 18.8 Å². The second-order valence-corrected chi connectivity index (χ2v) is 5.04. The first-order valence-corrected chi connectivity index (χ1v) is 6.06. The third kappa shape index (κ3) is 4.07. The minimum Gasteiger partial charge on any atom is -0.269 e. The van der Waals surface area contributed by atoms with Crippen molar-refractivity contribution in [2.45, 2.75) is 19.3 Å². The predicted octanol–water partition coefficient (Wildman–Crippen LogP) is 0.418. The van der Waals surface area contributed by atoms with Crippen molar-refractivity contribution in [3.63, 3.8) is 0 Å². The quantitative estimate of drug-likeness (QED) is 0.676. The van der Waals surface area contributed by atoms with E-state index in [0.29, 0.717) is 5.92 Å². The fourth-order valence-corrected chi connectivity index (χ4v) is 1.51. The summed E-state index contributed by atoms with van der Waals surface area (Å²) in [4.78, 5) is 10.9. The summed E-state index contributed by atoms with van der Waals surface area (Å²) in [5.41, 5.74) is 0. The van der Waals surface area contributed by atoms with Crippen molar-refractivity contribution in [2.24, 2.45) is 5.92 Å². The molecular formula is C8H13NO3S. The van der Waals surface area contributed by atoms with E-state index in [2.05, 4.69) is 0 Å². The van der Waals surface area contributed by atoms with Gasteiger partial charge in [0.2, 0.25) is 10.0 Å². The van der Waals surface area contributed by atoms with E-state index >= 15 is 0 Å². The van der Waals surface area contributed by atoms with E-state index in [0.717, 1.165) is 19.1 Å². The first-order valence-electron chi connectivity index (χ1n) is 4.17. The zero-order chi connectivity index (χ0) is 9.90. The largest absolute Gasteiger partial charge is 0.269 e. The van der Waals surface area contributed by atoms with Crippen LogP contribution in [-0.4, -0.2) is 20.6 Å². The Balaban J connectivity index is 2.36. The lowest BCUT2D eigenvalue weighted by atomic mass is 9.85. The van der Waals surface area contributed by atoms with Crippen LogP contribution in [0.5, 0.6) is 0 Å². The van der Waals surface area contributed by atoms with Crippen LogP contribution in [0.25, 0.3) is 0 Å². The van der Waals surface area contributed by atoms with E-state index < -0.39 is 15.9 Å². The Morgan fingerprint density at radius 2 is 2.08 bits per heavy atom. The number of carbonyl (C=O) groups excluding carboxylic acids is 1. The molecule has 0 radical (unpaired) electrons. The van der Waals surface area contributed by atoms with E-state index in [1.54, 1.807) is 6.08 Å². The molecule has 1 aliphatic rings. The van der Waals surface area contributed by atoms with Gasteiger partial charge in [0.15, 0.2) is 0 Å². The number of sulfonamides is 1. The molecule has 0 heterocycles. The smallest absolute Gasteiger partial charge is 0.257 e. The lowest BCUT2D eigenvalue weighted by molar-refractivity contribution is -0.114. The minimum absolute atomic E-state index is 0.463. The fraction of sp³-hybridized carbons (Fsp3) is 0.625. The topological polar surface area (TPSA) is 63.2 Å². The third-order valence-corrected chi connectivity index (χ3v) is 2.53. The van der Waals surface area contributed by atoms with Gasteiger partial charge in [-0.2, -0.15) is 0 Å². The van der Waals surface area contributed by atoms with Crippen molar-refractivity contribution in [3.8, 4) is 0 Å². The number of hydrogen-bond donors (Lipinski definition) is 1. The Hall–Kier alpha value is -0.840. The molecule has 0 atom stereocenters. The molecule has 1 saturated carbocycles. The Morgan fingerprint density at radius 3 is 2.46 bits per heavy atom. The minimum atomic E-state index is -3.41. The number of nitrogens with one attached hydrogen (secondary N) is 1. The maximum absolute atomic E-state index is 10.9. The second kappa shape index (κ2) is 3.91. The van der Waals surface area contributed by atoms with Crippen LogP contribution in [-0.2, 0) is 14.8 Å². The second-order valence-electron chi connectivity index (χ2n) is 3.29.